The van der Waals surface area contributed by atoms with E-state index >= 15 is 0 Å². The first-order valence-electron chi connectivity index (χ1n) is 8.83. The van der Waals surface area contributed by atoms with Gasteiger partial charge in [-0.2, -0.15) is 0 Å². The SMILES string of the molecule is C=C(CCC(=O)NCc1cc(F)c(OC)c(F)c1)NC(=O)COC(=C)/C=C(/F)C(=C)Cl. The number of carbonyl (C=O) groups excluding carboxylic acids is 2. The van der Waals surface area contributed by atoms with E-state index < -0.39 is 41.6 Å². The van der Waals surface area contributed by atoms with Crippen molar-refractivity contribution in [2.24, 2.45) is 0 Å². The van der Waals surface area contributed by atoms with E-state index in [1.165, 1.54) is 0 Å². The lowest BCUT2D eigenvalue weighted by Gasteiger charge is -2.11. The Morgan fingerprint density at radius 2 is 1.74 bits per heavy atom. The van der Waals surface area contributed by atoms with Gasteiger partial charge in [-0.3, -0.25) is 9.59 Å². The first-order valence-corrected chi connectivity index (χ1v) is 9.21. The number of carbonyl (C=O) groups is 2. The summed E-state index contributed by atoms with van der Waals surface area (Å²) in [5.74, 6) is -4.24. The van der Waals surface area contributed by atoms with E-state index in [-0.39, 0.29) is 41.4 Å². The largest absolute Gasteiger partial charge is 0.491 e. The van der Waals surface area contributed by atoms with Crippen LogP contribution in [-0.4, -0.2) is 25.5 Å². The Hall–Kier alpha value is -3.20. The third-order valence-corrected chi connectivity index (χ3v) is 3.84. The Labute approximate surface area is 183 Å². The minimum atomic E-state index is -0.876. The number of hydrogen-bond donors (Lipinski definition) is 2. The molecule has 2 amide bonds. The highest BCUT2D eigenvalue weighted by Gasteiger charge is 2.12. The lowest BCUT2D eigenvalue weighted by atomic mass is 10.2. The zero-order valence-corrected chi connectivity index (χ0v) is 17.6. The summed E-state index contributed by atoms with van der Waals surface area (Å²) < 4.78 is 50.1. The zero-order valence-electron chi connectivity index (χ0n) is 16.8. The minimum absolute atomic E-state index is 0.0282. The lowest BCUT2D eigenvalue weighted by molar-refractivity contribution is -0.124. The predicted octanol–water partition coefficient (Wildman–Crippen LogP) is 4.14. The van der Waals surface area contributed by atoms with Gasteiger partial charge in [0.1, 0.15) is 11.6 Å². The molecule has 0 aromatic heterocycles. The molecule has 0 aliphatic rings. The molecule has 168 valence electrons. The van der Waals surface area contributed by atoms with Crippen LogP contribution in [0.15, 0.2) is 60.3 Å². The van der Waals surface area contributed by atoms with Crippen molar-refractivity contribution < 1.29 is 32.2 Å². The van der Waals surface area contributed by atoms with E-state index in [0.717, 1.165) is 25.3 Å². The number of methoxy groups -OCH3 is 1. The van der Waals surface area contributed by atoms with Crippen LogP contribution in [0.1, 0.15) is 18.4 Å². The van der Waals surface area contributed by atoms with Crippen LogP contribution in [0.5, 0.6) is 5.75 Å². The summed E-state index contributed by atoms with van der Waals surface area (Å²) in [5.41, 5.74) is 0.462. The van der Waals surface area contributed by atoms with Crippen molar-refractivity contribution in [2.45, 2.75) is 19.4 Å². The van der Waals surface area contributed by atoms with Crippen LogP contribution in [0.4, 0.5) is 13.2 Å². The molecule has 0 atom stereocenters. The monoisotopic (exact) mass is 458 g/mol. The van der Waals surface area contributed by atoms with E-state index in [0.29, 0.717) is 0 Å². The average Bonchev–Trinajstić information content (AvgIpc) is 2.68. The molecular formula is C21H22ClF3N2O4. The van der Waals surface area contributed by atoms with E-state index in [4.69, 9.17) is 16.3 Å². The van der Waals surface area contributed by atoms with Crippen LogP contribution in [0.3, 0.4) is 0 Å². The molecule has 2 N–H and O–H groups in total. The van der Waals surface area contributed by atoms with E-state index in [9.17, 15) is 22.8 Å². The maximum absolute atomic E-state index is 13.6. The molecule has 31 heavy (non-hydrogen) atoms. The summed E-state index contributed by atoms with van der Waals surface area (Å²) in [6.45, 7) is 9.66. The molecule has 0 spiro atoms. The maximum atomic E-state index is 13.6. The normalized spacial score (nSPS) is 10.8. The molecule has 1 rings (SSSR count). The third kappa shape index (κ3) is 9.43. The second-order valence-corrected chi connectivity index (χ2v) is 6.63. The fraction of sp³-hybridized carbons (Fsp3) is 0.238. The van der Waals surface area contributed by atoms with Crippen LogP contribution < -0.4 is 15.4 Å². The number of rotatable bonds is 12. The summed E-state index contributed by atoms with van der Waals surface area (Å²) in [7, 11) is 1.15. The van der Waals surface area contributed by atoms with Crippen LogP contribution in [-0.2, 0) is 20.9 Å². The number of hydrogen-bond acceptors (Lipinski definition) is 4. The van der Waals surface area contributed by atoms with E-state index in [1.54, 1.807) is 0 Å². The van der Waals surface area contributed by atoms with Crippen LogP contribution in [0.2, 0.25) is 0 Å². The number of ether oxygens (including phenoxy) is 2. The highest BCUT2D eigenvalue weighted by Crippen LogP contribution is 2.22. The molecule has 0 saturated heterocycles. The summed E-state index contributed by atoms with van der Waals surface area (Å²) in [6, 6.07) is 2.11. The van der Waals surface area contributed by atoms with Gasteiger partial charge in [0, 0.05) is 24.7 Å². The van der Waals surface area contributed by atoms with Gasteiger partial charge in [-0.1, -0.05) is 31.3 Å². The van der Waals surface area contributed by atoms with Crippen molar-refractivity contribution in [3.63, 3.8) is 0 Å². The van der Waals surface area contributed by atoms with E-state index in [2.05, 4.69) is 35.1 Å². The molecule has 10 heteroatoms. The molecule has 0 radical (unpaired) electrons. The van der Waals surface area contributed by atoms with Crippen LogP contribution >= 0.6 is 11.6 Å². The molecular weight excluding hydrogens is 437 g/mol. The van der Waals surface area contributed by atoms with Crippen molar-refractivity contribution in [3.05, 3.63) is 77.5 Å². The fourth-order valence-corrected chi connectivity index (χ4v) is 2.23. The van der Waals surface area contributed by atoms with Gasteiger partial charge >= 0.3 is 0 Å². The Balaban J connectivity index is 2.36. The summed E-state index contributed by atoms with van der Waals surface area (Å²) in [6.07, 6.45) is 0.965. The van der Waals surface area contributed by atoms with Gasteiger partial charge in [-0.25, -0.2) is 13.2 Å². The number of nitrogens with one attached hydrogen (secondary N) is 2. The Bertz CT molecular complexity index is 893. The number of benzene rings is 1. The van der Waals surface area contributed by atoms with Gasteiger partial charge < -0.3 is 20.1 Å². The standard InChI is InChI=1S/C21H22ClF3N2O4/c1-12(27-20(29)11-31-13(2)7-16(23)14(3)22)5-6-19(28)26-10-15-8-17(24)21(30-4)18(25)9-15/h7-9H,1-3,5-6,10-11H2,4H3,(H,26,28)(H,27,29)/b16-7+. The average molecular weight is 459 g/mol. The molecule has 6 nitrogen and oxygen atoms in total. The quantitative estimate of drug-likeness (QED) is 0.364. The van der Waals surface area contributed by atoms with Gasteiger partial charge in [-0.05, 0) is 24.1 Å². The molecule has 0 aliphatic carbocycles. The predicted molar refractivity (Wildman–Crippen MR) is 111 cm³/mol. The van der Waals surface area contributed by atoms with Gasteiger partial charge in [0.2, 0.25) is 5.91 Å². The molecule has 0 unspecified atom stereocenters. The second-order valence-electron chi connectivity index (χ2n) is 6.17. The molecule has 1 aromatic rings. The summed E-state index contributed by atoms with van der Waals surface area (Å²) in [5, 5.41) is 4.59. The third-order valence-electron chi connectivity index (χ3n) is 3.66. The smallest absolute Gasteiger partial charge is 0.262 e. The highest BCUT2D eigenvalue weighted by molar-refractivity contribution is 6.31. The molecule has 0 fully saturated rings. The van der Waals surface area contributed by atoms with Gasteiger partial charge in [0.25, 0.3) is 5.91 Å². The Kier molecular flexibility index (Phi) is 10.4. The van der Waals surface area contributed by atoms with E-state index in [1.807, 2.05) is 0 Å². The lowest BCUT2D eigenvalue weighted by Crippen LogP contribution is -2.28. The first kappa shape index (κ1) is 25.8. The molecule has 1 aromatic carbocycles. The molecule has 0 heterocycles. The second kappa shape index (κ2) is 12.5. The maximum Gasteiger partial charge on any atom is 0.262 e. The molecule has 0 saturated carbocycles. The van der Waals surface area contributed by atoms with Crippen molar-refractivity contribution in [3.8, 4) is 5.75 Å². The minimum Gasteiger partial charge on any atom is -0.491 e. The van der Waals surface area contributed by atoms with Crippen molar-refractivity contribution in [1.82, 2.24) is 10.6 Å². The summed E-state index contributed by atoms with van der Waals surface area (Å²) >= 11 is 5.35. The van der Waals surface area contributed by atoms with Crippen molar-refractivity contribution >= 4 is 23.4 Å². The van der Waals surface area contributed by atoms with Gasteiger partial charge in [0.05, 0.1) is 12.1 Å². The zero-order chi connectivity index (χ0) is 23.6. The molecule has 0 aliphatic heterocycles. The topological polar surface area (TPSA) is 76.7 Å². The Morgan fingerprint density at radius 1 is 1.13 bits per heavy atom. The van der Waals surface area contributed by atoms with Gasteiger partial charge in [0.15, 0.2) is 24.0 Å². The Morgan fingerprint density at radius 3 is 2.29 bits per heavy atom. The number of halogens is 4. The first-order chi connectivity index (χ1) is 14.5. The number of amides is 2. The van der Waals surface area contributed by atoms with Crippen molar-refractivity contribution in [1.29, 1.82) is 0 Å². The fourth-order valence-electron chi connectivity index (χ4n) is 2.18. The molecule has 0 bridgehead atoms. The number of allylic oxidation sites excluding steroid dienone is 4. The highest BCUT2D eigenvalue weighted by atomic mass is 35.5. The van der Waals surface area contributed by atoms with Crippen LogP contribution in [0.25, 0.3) is 0 Å². The van der Waals surface area contributed by atoms with Crippen molar-refractivity contribution in [2.75, 3.05) is 13.7 Å². The summed E-state index contributed by atoms with van der Waals surface area (Å²) in [4.78, 5) is 23.7. The van der Waals surface area contributed by atoms with Crippen LogP contribution in [0, 0.1) is 11.6 Å². The van der Waals surface area contributed by atoms with Gasteiger partial charge in [-0.15, -0.1) is 0 Å².